The van der Waals surface area contributed by atoms with Gasteiger partial charge in [0.15, 0.2) is 0 Å². The first-order valence-electron chi connectivity index (χ1n) is 8.24. The second-order valence-electron chi connectivity index (χ2n) is 6.67. The van der Waals surface area contributed by atoms with Gasteiger partial charge in [-0.3, -0.25) is 9.69 Å². The number of carboxylic acid groups (broad SMARTS) is 1. The molecule has 2 aliphatic rings. The average Bonchev–Trinajstić information content (AvgIpc) is 3.29. The van der Waals surface area contributed by atoms with Crippen LogP contribution in [0, 0.1) is 11.3 Å². The molecule has 0 saturated carbocycles. The average molecular weight is 360 g/mol. The first-order chi connectivity index (χ1) is 12.1. The monoisotopic (exact) mass is 360 g/mol. The van der Waals surface area contributed by atoms with Gasteiger partial charge in [0.1, 0.15) is 16.2 Å². The molecule has 1 aromatic carbocycles. The Bertz CT molecular complexity index is 793. The summed E-state index contributed by atoms with van der Waals surface area (Å²) in [7, 11) is 1.66. The van der Waals surface area contributed by atoms with E-state index in [2.05, 4.69) is 9.88 Å². The number of aromatic nitrogens is 1. The molecule has 0 unspecified atom stereocenters. The number of fused-ring (bicyclic) bond motifs is 1. The third-order valence-corrected chi connectivity index (χ3v) is 6.16. The molecule has 3 heterocycles. The Morgan fingerprint density at radius 2 is 2.36 bits per heavy atom. The van der Waals surface area contributed by atoms with Crippen molar-refractivity contribution in [3.63, 3.8) is 0 Å². The van der Waals surface area contributed by atoms with E-state index in [0.717, 1.165) is 34.3 Å². The zero-order valence-corrected chi connectivity index (χ0v) is 14.8. The van der Waals surface area contributed by atoms with E-state index in [-0.39, 0.29) is 5.92 Å². The van der Waals surface area contributed by atoms with Crippen LogP contribution in [0.5, 0.6) is 5.75 Å². The number of hydrogen-bond donors (Lipinski definition) is 1. The minimum atomic E-state index is -0.740. The molecule has 0 bridgehead atoms. The highest BCUT2D eigenvalue weighted by Gasteiger charge is 2.56. The highest BCUT2D eigenvalue weighted by molar-refractivity contribution is 7.15. The predicted octanol–water partition coefficient (Wildman–Crippen LogP) is 2.35. The maximum absolute atomic E-state index is 11.7. The summed E-state index contributed by atoms with van der Waals surface area (Å²) in [6.07, 6.45) is 1.88. The van der Waals surface area contributed by atoms with Crippen molar-refractivity contribution in [1.29, 1.82) is 0 Å². The van der Waals surface area contributed by atoms with Crippen molar-refractivity contribution in [3.8, 4) is 16.3 Å². The van der Waals surface area contributed by atoms with Gasteiger partial charge in [-0.2, -0.15) is 0 Å². The molecule has 1 aromatic heterocycles. The topological polar surface area (TPSA) is 71.9 Å². The quantitative estimate of drug-likeness (QED) is 0.883. The van der Waals surface area contributed by atoms with Crippen LogP contribution >= 0.6 is 11.3 Å². The van der Waals surface area contributed by atoms with Crippen LogP contribution in [0.15, 0.2) is 30.5 Å². The summed E-state index contributed by atoms with van der Waals surface area (Å²) in [5.74, 6) is 0.143. The molecule has 2 atom stereocenters. The molecule has 2 aromatic rings. The Labute approximate surface area is 150 Å². The van der Waals surface area contributed by atoms with Crippen molar-refractivity contribution in [3.05, 3.63) is 35.3 Å². The number of methoxy groups -OCH3 is 1. The van der Waals surface area contributed by atoms with E-state index in [0.29, 0.717) is 19.8 Å². The molecular formula is C18H20N2O4S. The van der Waals surface area contributed by atoms with Crippen LogP contribution in [0.25, 0.3) is 10.6 Å². The summed E-state index contributed by atoms with van der Waals surface area (Å²) < 4.78 is 10.8. The van der Waals surface area contributed by atoms with Crippen LogP contribution in [0.3, 0.4) is 0 Å². The summed E-state index contributed by atoms with van der Waals surface area (Å²) in [6.45, 7) is 2.87. The molecule has 6 nitrogen and oxygen atoms in total. The van der Waals surface area contributed by atoms with Gasteiger partial charge in [-0.15, -0.1) is 11.3 Å². The van der Waals surface area contributed by atoms with Crippen molar-refractivity contribution in [2.75, 3.05) is 33.4 Å². The number of ether oxygens (including phenoxy) is 2. The molecule has 4 rings (SSSR count). The molecule has 0 spiro atoms. The Kier molecular flexibility index (Phi) is 4.23. The molecule has 0 radical (unpaired) electrons. The summed E-state index contributed by atoms with van der Waals surface area (Å²) >= 11 is 1.63. The fourth-order valence-corrected chi connectivity index (χ4v) is 4.79. The number of carboxylic acids is 1. The molecule has 1 N–H and O–H groups in total. The molecule has 2 aliphatic heterocycles. The number of aliphatic carboxylic acids is 1. The van der Waals surface area contributed by atoms with E-state index in [4.69, 9.17) is 9.47 Å². The van der Waals surface area contributed by atoms with Crippen LogP contribution in [0.1, 0.15) is 4.88 Å². The third kappa shape index (κ3) is 2.82. The van der Waals surface area contributed by atoms with Gasteiger partial charge in [0.2, 0.25) is 0 Å². The molecule has 2 saturated heterocycles. The first kappa shape index (κ1) is 16.5. The van der Waals surface area contributed by atoms with Crippen molar-refractivity contribution >= 4 is 17.3 Å². The van der Waals surface area contributed by atoms with Crippen LogP contribution in [-0.2, 0) is 16.1 Å². The lowest BCUT2D eigenvalue weighted by atomic mass is 9.81. The fourth-order valence-electron chi connectivity index (χ4n) is 3.81. The van der Waals surface area contributed by atoms with E-state index >= 15 is 0 Å². The van der Waals surface area contributed by atoms with Crippen LogP contribution in [0.2, 0.25) is 0 Å². The van der Waals surface area contributed by atoms with Gasteiger partial charge in [-0.05, 0) is 12.1 Å². The number of thiazole rings is 1. The number of hydrogen-bond acceptors (Lipinski definition) is 6. The second-order valence-corrected chi connectivity index (χ2v) is 7.79. The lowest BCUT2D eigenvalue weighted by Gasteiger charge is -2.21. The lowest BCUT2D eigenvalue weighted by molar-refractivity contribution is -0.149. The van der Waals surface area contributed by atoms with Crippen LogP contribution in [-0.4, -0.2) is 54.4 Å². The Morgan fingerprint density at radius 1 is 1.52 bits per heavy atom. The van der Waals surface area contributed by atoms with E-state index in [1.165, 1.54) is 0 Å². The molecule has 132 valence electrons. The largest absolute Gasteiger partial charge is 0.496 e. The zero-order valence-electron chi connectivity index (χ0n) is 14.0. The Balaban J connectivity index is 1.50. The van der Waals surface area contributed by atoms with Crippen molar-refractivity contribution in [1.82, 2.24) is 9.88 Å². The minimum absolute atomic E-state index is 0.0756. The van der Waals surface area contributed by atoms with Crippen molar-refractivity contribution < 1.29 is 19.4 Å². The molecule has 25 heavy (non-hydrogen) atoms. The number of para-hydroxylation sites is 1. The fraction of sp³-hybridized carbons (Fsp3) is 0.444. The van der Waals surface area contributed by atoms with E-state index in [1.807, 2.05) is 30.5 Å². The number of nitrogens with zero attached hydrogens (tertiary/aromatic N) is 2. The van der Waals surface area contributed by atoms with Gasteiger partial charge in [0.05, 0.1) is 25.9 Å². The van der Waals surface area contributed by atoms with Gasteiger partial charge in [0.25, 0.3) is 0 Å². The number of rotatable bonds is 5. The SMILES string of the molecule is COc1ccccc1-c1ncc(CN2C[C@@H]3COC[C@]3(C(=O)O)C2)s1. The molecule has 7 heteroatoms. The summed E-state index contributed by atoms with van der Waals surface area (Å²) in [4.78, 5) is 19.6. The second kappa shape index (κ2) is 6.40. The maximum Gasteiger partial charge on any atom is 0.313 e. The normalized spacial score (nSPS) is 25.9. The molecule has 0 amide bonds. The summed E-state index contributed by atoms with van der Waals surface area (Å²) in [6, 6.07) is 7.83. The molecule has 0 aliphatic carbocycles. The zero-order chi connectivity index (χ0) is 17.4. The smallest absolute Gasteiger partial charge is 0.313 e. The summed E-state index contributed by atoms with van der Waals surface area (Å²) in [5.41, 5.74) is 0.242. The van der Waals surface area contributed by atoms with E-state index < -0.39 is 11.4 Å². The molecule has 2 fully saturated rings. The first-order valence-corrected chi connectivity index (χ1v) is 9.05. The molecular weight excluding hydrogens is 340 g/mol. The highest BCUT2D eigenvalue weighted by atomic mass is 32.1. The van der Waals surface area contributed by atoms with E-state index in [1.54, 1.807) is 18.4 Å². The van der Waals surface area contributed by atoms with E-state index in [9.17, 15) is 9.90 Å². The van der Waals surface area contributed by atoms with Gasteiger partial charge >= 0.3 is 5.97 Å². The Morgan fingerprint density at radius 3 is 3.12 bits per heavy atom. The minimum Gasteiger partial charge on any atom is -0.496 e. The standard InChI is InChI=1S/C18H20N2O4S/c1-23-15-5-3-2-4-14(15)16-19-6-13(25-16)8-20-7-12-9-24-11-18(12,10-20)17(21)22/h2-6,12H,7-11H2,1H3,(H,21,22)/t12-,18-/m1/s1. The van der Waals surface area contributed by atoms with Crippen LogP contribution < -0.4 is 4.74 Å². The number of carbonyl (C=O) groups is 1. The van der Waals surface area contributed by atoms with Gasteiger partial charge in [0, 0.05) is 36.6 Å². The third-order valence-electron chi connectivity index (χ3n) is 5.14. The Hall–Kier alpha value is -1.96. The predicted molar refractivity (Wildman–Crippen MR) is 93.8 cm³/mol. The van der Waals surface area contributed by atoms with Crippen molar-refractivity contribution in [2.45, 2.75) is 6.54 Å². The lowest BCUT2D eigenvalue weighted by Crippen LogP contribution is -2.38. The van der Waals surface area contributed by atoms with Crippen LogP contribution in [0.4, 0.5) is 0 Å². The maximum atomic E-state index is 11.7. The van der Waals surface area contributed by atoms with Gasteiger partial charge < -0.3 is 14.6 Å². The van der Waals surface area contributed by atoms with Gasteiger partial charge in [-0.25, -0.2) is 4.98 Å². The number of benzene rings is 1. The van der Waals surface area contributed by atoms with Gasteiger partial charge in [-0.1, -0.05) is 12.1 Å². The highest BCUT2D eigenvalue weighted by Crippen LogP contribution is 2.42. The number of likely N-dealkylation sites (tertiary alicyclic amines) is 1. The van der Waals surface area contributed by atoms with Crippen molar-refractivity contribution in [2.24, 2.45) is 11.3 Å². The summed E-state index contributed by atoms with van der Waals surface area (Å²) in [5, 5.41) is 10.6.